The van der Waals surface area contributed by atoms with E-state index in [1.165, 1.54) is 0 Å². The number of aromatic amines is 1. The van der Waals surface area contributed by atoms with Crippen LogP contribution < -0.4 is 5.43 Å². The number of carbonyl (C=O) groups excluding carboxylic acids is 1. The smallest absolute Gasteiger partial charge is 0.287 e. The zero-order chi connectivity index (χ0) is 13.8. The lowest BCUT2D eigenvalue weighted by Gasteiger charge is -2.04. The van der Waals surface area contributed by atoms with Crippen LogP contribution in [-0.2, 0) is 0 Å². The number of halogens is 2. The number of H-pyrrole nitrogens is 1. The monoisotopic (exact) mass is 383 g/mol. The van der Waals surface area contributed by atoms with Crippen molar-refractivity contribution in [3.05, 3.63) is 56.7 Å². The van der Waals surface area contributed by atoms with Crippen molar-refractivity contribution in [1.29, 1.82) is 0 Å². The summed E-state index contributed by atoms with van der Waals surface area (Å²) in [4.78, 5) is 14.6. The van der Waals surface area contributed by atoms with Gasteiger partial charge in [-0.1, -0.05) is 34.1 Å². The molecule has 2 rings (SSSR count). The Labute approximate surface area is 127 Å². The van der Waals surface area contributed by atoms with Gasteiger partial charge in [0.2, 0.25) is 0 Å². The first-order chi connectivity index (χ1) is 9.08. The fourth-order valence-corrected chi connectivity index (χ4v) is 2.42. The average molecular weight is 385 g/mol. The summed E-state index contributed by atoms with van der Waals surface area (Å²) < 4.78 is 1.76. The van der Waals surface area contributed by atoms with Crippen LogP contribution in [0.3, 0.4) is 0 Å². The molecule has 0 atom stereocenters. The van der Waals surface area contributed by atoms with Gasteiger partial charge in [-0.15, -0.1) is 0 Å². The molecule has 0 saturated heterocycles. The minimum Gasteiger partial charge on any atom is -0.356 e. The molecule has 6 heteroatoms. The van der Waals surface area contributed by atoms with Crippen molar-refractivity contribution in [3.8, 4) is 0 Å². The Hall–Kier alpha value is -1.40. The van der Waals surface area contributed by atoms with Crippen LogP contribution in [0.25, 0.3) is 0 Å². The highest BCUT2D eigenvalue weighted by Crippen LogP contribution is 2.16. The van der Waals surface area contributed by atoms with E-state index < -0.39 is 0 Å². The Bertz CT molecular complexity index is 634. The van der Waals surface area contributed by atoms with Crippen molar-refractivity contribution in [3.63, 3.8) is 0 Å². The van der Waals surface area contributed by atoms with E-state index in [1.54, 1.807) is 12.3 Å². The first kappa shape index (κ1) is 14.0. The van der Waals surface area contributed by atoms with Gasteiger partial charge in [0, 0.05) is 20.7 Å². The SMILES string of the molecule is C/C(=N/NC(=O)c1cc(Br)c[nH]1)c1ccccc1Br. The Kier molecular flexibility index (Phi) is 4.55. The summed E-state index contributed by atoms with van der Waals surface area (Å²) in [6.45, 7) is 1.84. The van der Waals surface area contributed by atoms with Gasteiger partial charge in [-0.25, -0.2) is 5.43 Å². The molecular weight excluding hydrogens is 374 g/mol. The number of hydrazone groups is 1. The molecule has 0 aliphatic rings. The van der Waals surface area contributed by atoms with Gasteiger partial charge >= 0.3 is 0 Å². The molecular formula is C13H11Br2N3O. The van der Waals surface area contributed by atoms with Crippen LogP contribution in [0.2, 0.25) is 0 Å². The fourth-order valence-electron chi connectivity index (χ4n) is 1.51. The molecule has 0 bridgehead atoms. The third kappa shape index (κ3) is 3.54. The predicted molar refractivity (Wildman–Crippen MR) is 82.3 cm³/mol. The number of rotatable bonds is 3. The molecule has 1 aromatic carbocycles. The van der Waals surface area contributed by atoms with Crippen molar-refractivity contribution in [2.75, 3.05) is 0 Å². The lowest BCUT2D eigenvalue weighted by atomic mass is 10.1. The first-order valence-electron chi connectivity index (χ1n) is 5.51. The number of carbonyl (C=O) groups is 1. The summed E-state index contributed by atoms with van der Waals surface area (Å²) in [6.07, 6.45) is 1.69. The molecule has 1 aromatic heterocycles. The number of aromatic nitrogens is 1. The standard InChI is InChI=1S/C13H11Br2N3O/c1-8(10-4-2-3-5-11(10)15)17-18-13(19)12-6-9(14)7-16-12/h2-7,16H,1H3,(H,18,19)/b17-8-. The lowest BCUT2D eigenvalue weighted by Crippen LogP contribution is -2.19. The summed E-state index contributed by atoms with van der Waals surface area (Å²) in [5, 5.41) is 4.09. The van der Waals surface area contributed by atoms with Crippen molar-refractivity contribution >= 4 is 43.5 Å². The zero-order valence-corrected chi connectivity index (χ0v) is 13.2. The molecule has 0 unspecified atom stereocenters. The second kappa shape index (κ2) is 6.16. The van der Waals surface area contributed by atoms with Crippen molar-refractivity contribution in [2.24, 2.45) is 5.10 Å². The second-order valence-electron chi connectivity index (χ2n) is 3.85. The molecule has 1 amide bonds. The van der Waals surface area contributed by atoms with E-state index in [1.807, 2.05) is 31.2 Å². The molecule has 19 heavy (non-hydrogen) atoms. The van der Waals surface area contributed by atoms with Crippen LogP contribution in [0.1, 0.15) is 23.0 Å². The summed E-state index contributed by atoms with van der Waals surface area (Å²) in [7, 11) is 0. The Balaban J connectivity index is 2.11. The maximum Gasteiger partial charge on any atom is 0.287 e. The molecule has 2 aromatic rings. The normalized spacial score (nSPS) is 11.4. The highest BCUT2D eigenvalue weighted by atomic mass is 79.9. The van der Waals surface area contributed by atoms with E-state index in [2.05, 4.69) is 47.4 Å². The van der Waals surface area contributed by atoms with Crippen molar-refractivity contribution < 1.29 is 4.79 Å². The van der Waals surface area contributed by atoms with Gasteiger partial charge in [0.05, 0.1) is 5.71 Å². The largest absolute Gasteiger partial charge is 0.356 e. The molecule has 4 nitrogen and oxygen atoms in total. The first-order valence-corrected chi connectivity index (χ1v) is 7.10. The molecule has 1 heterocycles. The fraction of sp³-hybridized carbons (Fsp3) is 0.0769. The average Bonchev–Trinajstić information content (AvgIpc) is 2.83. The topological polar surface area (TPSA) is 57.2 Å². The predicted octanol–water partition coefficient (Wildman–Crippen LogP) is 3.69. The Morgan fingerprint density at radius 3 is 2.68 bits per heavy atom. The highest BCUT2D eigenvalue weighted by Gasteiger charge is 2.07. The highest BCUT2D eigenvalue weighted by molar-refractivity contribution is 9.10. The van der Waals surface area contributed by atoms with E-state index >= 15 is 0 Å². The molecule has 98 valence electrons. The molecule has 0 fully saturated rings. The summed E-state index contributed by atoms with van der Waals surface area (Å²) >= 11 is 6.72. The maximum absolute atomic E-state index is 11.8. The number of benzene rings is 1. The molecule has 0 spiro atoms. The molecule has 0 aliphatic heterocycles. The van der Waals surface area contributed by atoms with Crippen LogP contribution in [0.15, 0.2) is 50.6 Å². The second-order valence-corrected chi connectivity index (χ2v) is 5.62. The molecule has 2 N–H and O–H groups in total. The van der Waals surface area contributed by atoms with E-state index in [9.17, 15) is 4.79 Å². The number of hydrogen-bond donors (Lipinski definition) is 2. The van der Waals surface area contributed by atoms with Crippen molar-refractivity contribution in [1.82, 2.24) is 10.4 Å². The van der Waals surface area contributed by atoms with Gasteiger partial charge in [0.15, 0.2) is 0 Å². The van der Waals surface area contributed by atoms with E-state index in [-0.39, 0.29) is 5.91 Å². The Morgan fingerprint density at radius 2 is 2.05 bits per heavy atom. The van der Waals surface area contributed by atoms with Crippen LogP contribution in [0.4, 0.5) is 0 Å². The van der Waals surface area contributed by atoms with Gasteiger partial charge in [0.25, 0.3) is 5.91 Å². The van der Waals surface area contributed by atoms with Gasteiger partial charge in [-0.2, -0.15) is 5.10 Å². The van der Waals surface area contributed by atoms with Crippen LogP contribution in [0.5, 0.6) is 0 Å². The van der Waals surface area contributed by atoms with Gasteiger partial charge in [-0.05, 0) is 35.0 Å². The van der Waals surface area contributed by atoms with Crippen LogP contribution >= 0.6 is 31.9 Å². The molecule has 0 saturated carbocycles. The number of nitrogens with one attached hydrogen (secondary N) is 2. The minimum atomic E-state index is -0.280. The third-order valence-electron chi connectivity index (χ3n) is 2.48. The van der Waals surface area contributed by atoms with E-state index in [0.717, 1.165) is 20.2 Å². The summed E-state index contributed by atoms with van der Waals surface area (Å²) in [6, 6.07) is 9.40. The zero-order valence-electron chi connectivity index (χ0n) is 10.1. The van der Waals surface area contributed by atoms with E-state index in [0.29, 0.717) is 5.69 Å². The van der Waals surface area contributed by atoms with Gasteiger partial charge in [-0.3, -0.25) is 4.79 Å². The summed E-state index contributed by atoms with van der Waals surface area (Å²) in [5.41, 5.74) is 4.64. The van der Waals surface area contributed by atoms with Gasteiger partial charge in [0.1, 0.15) is 5.69 Å². The number of amides is 1. The quantitative estimate of drug-likeness (QED) is 0.615. The van der Waals surface area contributed by atoms with Crippen LogP contribution in [-0.4, -0.2) is 16.6 Å². The minimum absolute atomic E-state index is 0.280. The van der Waals surface area contributed by atoms with Crippen molar-refractivity contribution in [2.45, 2.75) is 6.92 Å². The summed E-state index contributed by atoms with van der Waals surface area (Å²) in [5.74, 6) is -0.280. The number of hydrogen-bond acceptors (Lipinski definition) is 2. The van der Waals surface area contributed by atoms with Gasteiger partial charge < -0.3 is 4.98 Å². The maximum atomic E-state index is 11.8. The van der Waals surface area contributed by atoms with Crippen LogP contribution in [0, 0.1) is 0 Å². The third-order valence-corrected chi connectivity index (χ3v) is 3.63. The number of nitrogens with zero attached hydrogens (tertiary/aromatic N) is 1. The lowest BCUT2D eigenvalue weighted by molar-refractivity contribution is 0.0950. The Morgan fingerprint density at radius 1 is 1.32 bits per heavy atom. The molecule has 0 aliphatic carbocycles. The molecule has 0 radical (unpaired) electrons. The van der Waals surface area contributed by atoms with E-state index in [4.69, 9.17) is 0 Å².